The van der Waals surface area contributed by atoms with Crippen LogP contribution >= 0.6 is 0 Å². The number of hydrogen-bond donors (Lipinski definition) is 1. The van der Waals surface area contributed by atoms with E-state index in [-0.39, 0.29) is 0 Å². The summed E-state index contributed by atoms with van der Waals surface area (Å²) in [6.45, 7) is 14.5. The van der Waals surface area contributed by atoms with Gasteiger partial charge in [-0.15, -0.1) is 0 Å². The monoisotopic (exact) mass is 252 g/mol. The van der Waals surface area contributed by atoms with E-state index in [1.165, 1.54) is 45.3 Å². The summed E-state index contributed by atoms with van der Waals surface area (Å²) >= 11 is 0. The quantitative estimate of drug-likeness (QED) is 0.749. The maximum atomic E-state index is 3.76. The summed E-state index contributed by atoms with van der Waals surface area (Å²) in [7, 11) is 0. The Balaban J connectivity index is 1.89. The van der Waals surface area contributed by atoms with Crippen LogP contribution in [0.5, 0.6) is 0 Å². The second-order valence-corrected chi connectivity index (χ2v) is 7.12. The highest BCUT2D eigenvalue weighted by Crippen LogP contribution is 2.42. The largest absolute Gasteiger partial charge is 0.313 e. The van der Waals surface area contributed by atoms with Crippen LogP contribution in [-0.4, -0.2) is 37.1 Å². The van der Waals surface area contributed by atoms with Crippen LogP contribution in [0.15, 0.2) is 0 Å². The highest BCUT2D eigenvalue weighted by molar-refractivity contribution is 4.97. The SMILES string of the molecule is CCNC1C(CN(CC)CC2CC2)CCC1(C)C. The van der Waals surface area contributed by atoms with Gasteiger partial charge in [-0.25, -0.2) is 0 Å². The molecule has 2 atom stereocenters. The van der Waals surface area contributed by atoms with Gasteiger partial charge in [-0.1, -0.05) is 27.7 Å². The zero-order valence-electron chi connectivity index (χ0n) is 12.8. The minimum absolute atomic E-state index is 0.486. The van der Waals surface area contributed by atoms with Crippen molar-refractivity contribution in [2.75, 3.05) is 26.2 Å². The normalized spacial score (nSPS) is 31.2. The molecule has 0 aliphatic heterocycles. The molecule has 0 saturated heterocycles. The predicted octanol–water partition coefficient (Wildman–Crippen LogP) is 3.13. The first-order valence-electron chi connectivity index (χ1n) is 8.02. The van der Waals surface area contributed by atoms with Crippen molar-refractivity contribution in [2.24, 2.45) is 17.3 Å². The van der Waals surface area contributed by atoms with Crippen molar-refractivity contribution in [3.8, 4) is 0 Å². The highest BCUT2D eigenvalue weighted by Gasteiger charge is 2.41. The highest BCUT2D eigenvalue weighted by atomic mass is 15.1. The fourth-order valence-corrected chi connectivity index (χ4v) is 3.71. The maximum absolute atomic E-state index is 3.76. The molecule has 0 aromatic rings. The molecule has 18 heavy (non-hydrogen) atoms. The molecule has 0 amide bonds. The Bertz CT molecular complexity index is 258. The third kappa shape index (κ3) is 3.48. The third-order valence-electron chi connectivity index (χ3n) is 5.05. The van der Waals surface area contributed by atoms with Crippen LogP contribution in [-0.2, 0) is 0 Å². The first-order valence-corrected chi connectivity index (χ1v) is 8.02. The minimum atomic E-state index is 0.486. The van der Waals surface area contributed by atoms with Gasteiger partial charge < -0.3 is 10.2 Å². The lowest BCUT2D eigenvalue weighted by Crippen LogP contribution is -2.46. The fourth-order valence-electron chi connectivity index (χ4n) is 3.71. The Morgan fingerprint density at radius 3 is 2.39 bits per heavy atom. The van der Waals surface area contributed by atoms with E-state index in [9.17, 15) is 0 Å². The molecule has 0 bridgehead atoms. The Morgan fingerprint density at radius 1 is 1.11 bits per heavy atom. The molecule has 2 fully saturated rings. The number of nitrogens with one attached hydrogen (secondary N) is 1. The van der Waals surface area contributed by atoms with Gasteiger partial charge in [-0.2, -0.15) is 0 Å². The Morgan fingerprint density at radius 2 is 1.83 bits per heavy atom. The van der Waals surface area contributed by atoms with Crippen molar-refractivity contribution in [2.45, 2.75) is 59.4 Å². The fraction of sp³-hybridized carbons (Fsp3) is 1.00. The number of rotatable bonds is 7. The van der Waals surface area contributed by atoms with Gasteiger partial charge in [-0.3, -0.25) is 0 Å². The van der Waals surface area contributed by atoms with E-state index in [2.05, 4.69) is 37.9 Å². The molecule has 2 aliphatic rings. The molecule has 2 rings (SSSR count). The van der Waals surface area contributed by atoms with Crippen LogP contribution < -0.4 is 5.32 Å². The smallest absolute Gasteiger partial charge is 0.0159 e. The van der Waals surface area contributed by atoms with Crippen LogP contribution in [0.2, 0.25) is 0 Å². The van der Waals surface area contributed by atoms with Crippen molar-refractivity contribution in [3.05, 3.63) is 0 Å². The standard InChI is InChI=1S/C16H32N2/c1-5-17-15-14(9-10-16(15,3)4)12-18(6-2)11-13-7-8-13/h13-15,17H,5-12H2,1-4H3. The van der Waals surface area contributed by atoms with E-state index in [1.807, 2.05) is 0 Å². The molecule has 2 heteroatoms. The van der Waals surface area contributed by atoms with Crippen molar-refractivity contribution < 1.29 is 0 Å². The van der Waals surface area contributed by atoms with E-state index in [1.54, 1.807) is 0 Å². The lowest BCUT2D eigenvalue weighted by Gasteiger charge is -2.34. The number of nitrogens with zero attached hydrogens (tertiary/aromatic N) is 1. The Labute approximate surface area is 114 Å². The topological polar surface area (TPSA) is 15.3 Å². The second-order valence-electron chi connectivity index (χ2n) is 7.12. The lowest BCUT2D eigenvalue weighted by molar-refractivity contribution is 0.185. The van der Waals surface area contributed by atoms with Crippen molar-refractivity contribution in [1.29, 1.82) is 0 Å². The van der Waals surface area contributed by atoms with Gasteiger partial charge in [0.15, 0.2) is 0 Å². The van der Waals surface area contributed by atoms with E-state index in [0.29, 0.717) is 5.41 Å². The molecule has 0 aromatic carbocycles. The van der Waals surface area contributed by atoms with Gasteiger partial charge in [0.25, 0.3) is 0 Å². The molecular formula is C16H32N2. The summed E-state index contributed by atoms with van der Waals surface area (Å²) in [6, 6.07) is 0.718. The molecule has 0 heterocycles. The second kappa shape index (κ2) is 5.92. The average Bonchev–Trinajstić information content (AvgIpc) is 3.09. The van der Waals surface area contributed by atoms with Gasteiger partial charge >= 0.3 is 0 Å². The van der Waals surface area contributed by atoms with Crippen LogP contribution in [0.3, 0.4) is 0 Å². The summed E-state index contributed by atoms with van der Waals surface area (Å²) in [4.78, 5) is 2.70. The molecule has 0 spiro atoms. The van der Waals surface area contributed by atoms with E-state index in [0.717, 1.165) is 24.4 Å². The number of hydrogen-bond acceptors (Lipinski definition) is 2. The van der Waals surface area contributed by atoms with Crippen molar-refractivity contribution >= 4 is 0 Å². The first-order chi connectivity index (χ1) is 8.56. The maximum Gasteiger partial charge on any atom is 0.0159 e. The zero-order chi connectivity index (χ0) is 13.2. The molecule has 2 aliphatic carbocycles. The lowest BCUT2D eigenvalue weighted by atomic mass is 9.84. The Hall–Kier alpha value is -0.0800. The van der Waals surface area contributed by atoms with Gasteiger partial charge in [0, 0.05) is 19.1 Å². The van der Waals surface area contributed by atoms with Crippen LogP contribution in [0.1, 0.15) is 53.4 Å². The predicted molar refractivity (Wildman–Crippen MR) is 78.8 cm³/mol. The summed E-state index contributed by atoms with van der Waals surface area (Å²) < 4.78 is 0. The third-order valence-corrected chi connectivity index (χ3v) is 5.05. The Kier molecular flexibility index (Phi) is 4.71. The average molecular weight is 252 g/mol. The van der Waals surface area contributed by atoms with Crippen LogP contribution in [0.25, 0.3) is 0 Å². The summed E-state index contributed by atoms with van der Waals surface area (Å²) in [6.07, 6.45) is 5.74. The van der Waals surface area contributed by atoms with Crippen LogP contribution in [0, 0.1) is 17.3 Å². The van der Waals surface area contributed by atoms with E-state index < -0.39 is 0 Å². The minimum Gasteiger partial charge on any atom is -0.313 e. The molecule has 2 saturated carbocycles. The van der Waals surface area contributed by atoms with E-state index in [4.69, 9.17) is 0 Å². The first kappa shape index (κ1) is 14.3. The van der Waals surface area contributed by atoms with Crippen molar-refractivity contribution in [1.82, 2.24) is 10.2 Å². The molecule has 0 radical (unpaired) electrons. The summed E-state index contributed by atoms with van der Waals surface area (Å²) in [5.41, 5.74) is 0.486. The molecular weight excluding hydrogens is 220 g/mol. The molecule has 1 N–H and O–H groups in total. The molecule has 106 valence electrons. The summed E-state index contributed by atoms with van der Waals surface area (Å²) in [5, 5.41) is 3.76. The van der Waals surface area contributed by atoms with Gasteiger partial charge in [0.2, 0.25) is 0 Å². The van der Waals surface area contributed by atoms with E-state index >= 15 is 0 Å². The molecule has 0 aromatic heterocycles. The van der Waals surface area contributed by atoms with Crippen LogP contribution in [0.4, 0.5) is 0 Å². The molecule has 2 unspecified atom stereocenters. The molecule has 2 nitrogen and oxygen atoms in total. The zero-order valence-corrected chi connectivity index (χ0v) is 12.8. The van der Waals surface area contributed by atoms with Crippen molar-refractivity contribution in [3.63, 3.8) is 0 Å². The van der Waals surface area contributed by atoms with Gasteiger partial charge in [-0.05, 0) is 56.0 Å². The summed E-state index contributed by atoms with van der Waals surface area (Å²) in [5.74, 6) is 1.88. The van der Waals surface area contributed by atoms with Gasteiger partial charge in [0.1, 0.15) is 0 Å². The van der Waals surface area contributed by atoms with Gasteiger partial charge in [0.05, 0.1) is 0 Å².